The third-order valence-electron chi connectivity index (χ3n) is 4.85. The highest BCUT2D eigenvalue weighted by Crippen LogP contribution is 2.36. The molecule has 0 saturated carbocycles. The van der Waals surface area contributed by atoms with Crippen molar-refractivity contribution >= 4 is 50.3 Å². The second-order valence-corrected chi connectivity index (χ2v) is 8.80. The number of primary amides is 1. The Hall–Kier alpha value is -2.96. The van der Waals surface area contributed by atoms with Gasteiger partial charge in [0.1, 0.15) is 0 Å². The molecule has 1 unspecified atom stereocenters. The first-order valence-corrected chi connectivity index (χ1v) is 11.0. The Morgan fingerprint density at radius 1 is 1.07 bits per heavy atom. The average Bonchev–Trinajstić information content (AvgIpc) is 3.38. The molecule has 4 nitrogen and oxygen atoms in total. The van der Waals surface area contributed by atoms with Gasteiger partial charge in [0.15, 0.2) is 0 Å². The predicted molar refractivity (Wildman–Crippen MR) is 122 cm³/mol. The number of rotatable bonds is 6. The largest absolute Gasteiger partial charge is 0.366 e. The number of anilines is 1. The van der Waals surface area contributed by atoms with Gasteiger partial charge in [0.2, 0.25) is 11.8 Å². The van der Waals surface area contributed by atoms with Gasteiger partial charge in [-0.15, -0.1) is 22.7 Å². The van der Waals surface area contributed by atoms with Crippen LogP contribution in [0.5, 0.6) is 0 Å². The Labute approximate surface area is 177 Å². The molecule has 3 N–H and O–H groups in total. The van der Waals surface area contributed by atoms with Crippen molar-refractivity contribution in [2.45, 2.75) is 19.3 Å². The van der Waals surface area contributed by atoms with Crippen LogP contribution in [0.15, 0.2) is 66.0 Å². The maximum Gasteiger partial charge on any atom is 0.249 e. The number of fused-ring (bicyclic) bond motifs is 1. The lowest BCUT2D eigenvalue weighted by atomic mass is 10.0. The van der Waals surface area contributed by atoms with Crippen molar-refractivity contribution in [1.82, 2.24) is 0 Å². The van der Waals surface area contributed by atoms with Crippen LogP contribution >= 0.6 is 22.7 Å². The molecule has 4 aromatic rings. The predicted octanol–water partition coefficient (Wildman–Crippen LogP) is 5.86. The van der Waals surface area contributed by atoms with Gasteiger partial charge in [-0.05, 0) is 47.5 Å². The minimum absolute atomic E-state index is 0.0833. The number of thiophene rings is 2. The first-order chi connectivity index (χ1) is 14.1. The van der Waals surface area contributed by atoms with E-state index in [-0.39, 0.29) is 11.8 Å². The molecule has 6 heteroatoms. The van der Waals surface area contributed by atoms with Gasteiger partial charge in [0.05, 0.1) is 5.92 Å². The Morgan fingerprint density at radius 2 is 1.90 bits per heavy atom. The third-order valence-corrected chi connectivity index (χ3v) is 6.99. The van der Waals surface area contributed by atoms with Gasteiger partial charge in [-0.1, -0.05) is 37.3 Å². The average molecular weight is 421 g/mol. The normalized spacial score (nSPS) is 12.0. The van der Waals surface area contributed by atoms with Crippen LogP contribution < -0.4 is 11.1 Å². The molecule has 2 aromatic carbocycles. The van der Waals surface area contributed by atoms with Crippen LogP contribution in [0.3, 0.4) is 0 Å². The Bertz CT molecular complexity index is 1150. The monoisotopic (exact) mass is 420 g/mol. The minimum Gasteiger partial charge on any atom is -0.366 e. The fraction of sp³-hybridized carbons (Fsp3) is 0.130. The summed E-state index contributed by atoms with van der Waals surface area (Å²) < 4.78 is 1.15. The van der Waals surface area contributed by atoms with Crippen LogP contribution in [-0.4, -0.2) is 11.8 Å². The van der Waals surface area contributed by atoms with Crippen molar-refractivity contribution in [3.8, 4) is 10.4 Å². The van der Waals surface area contributed by atoms with E-state index in [0.29, 0.717) is 17.7 Å². The zero-order valence-corrected chi connectivity index (χ0v) is 17.5. The second kappa shape index (κ2) is 8.19. The molecule has 1 atom stereocenters. The zero-order valence-electron chi connectivity index (χ0n) is 15.8. The number of carbonyl (C=O) groups excluding carboxylic acids is 2. The van der Waals surface area contributed by atoms with E-state index in [9.17, 15) is 9.59 Å². The van der Waals surface area contributed by atoms with Crippen LogP contribution in [-0.2, 0) is 4.79 Å². The Balaban J connectivity index is 1.65. The molecule has 2 heterocycles. The van der Waals surface area contributed by atoms with E-state index >= 15 is 0 Å². The van der Waals surface area contributed by atoms with Gasteiger partial charge < -0.3 is 11.1 Å². The molecule has 0 radical (unpaired) electrons. The molecule has 0 aliphatic carbocycles. The summed E-state index contributed by atoms with van der Waals surface area (Å²) in [6.45, 7) is 1.99. The SMILES string of the molecule is CCC(C(=O)Nc1ccc(-c2cc3ccccc3s2)c(C(N)=O)c1)c1cccs1. The molecular formula is C23H20N2O2S2. The Kier molecular flexibility index (Phi) is 5.47. The molecule has 0 bridgehead atoms. The first-order valence-electron chi connectivity index (χ1n) is 9.34. The third kappa shape index (κ3) is 3.95. The fourth-order valence-corrected chi connectivity index (χ4v) is 5.40. The number of hydrogen-bond donors (Lipinski definition) is 2. The highest BCUT2D eigenvalue weighted by molar-refractivity contribution is 7.22. The molecule has 2 aromatic heterocycles. The number of benzene rings is 2. The highest BCUT2D eigenvalue weighted by atomic mass is 32.1. The quantitative estimate of drug-likeness (QED) is 0.410. The van der Waals surface area contributed by atoms with Gasteiger partial charge in [-0.25, -0.2) is 0 Å². The standard InChI is InChI=1S/C23H20N2O2S2/c1-2-16(20-8-5-11-28-20)23(27)25-15-9-10-17(18(13-15)22(24)26)21-12-14-6-3-4-7-19(14)29-21/h3-13,16H,2H2,1H3,(H2,24,26)(H,25,27). The van der Waals surface area contributed by atoms with Crippen LogP contribution in [0.2, 0.25) is 0 Å². The molecule has 0 aliphatic heterocycles. The molecule has 146 valence electrons. The maximum atomic E-state index is 12.8. The fourth-order valence-electron chi connectivity index (χ4n) is 3.39. The molecule has 4 rings (SSSR count). The van der Waals surface area contributed by atoms with E-state index in [0.717, 1.165) is 25.4 Å². The molecule has 29 heavy (non-hydrogen) atoms. The van der Waals surface area contributed by atoms with Crippen molar-refractivity contribution in [2.75, 3.05) is 5.32 Å². The van der Waals surface area contributed by atoms with Crippen molar-refractivity contribution < 1.29 is 9.59 Å². The lowest BCUT2D eigenvalue weighted by Crippen LogP contribution is -2.20. The molecular weight excluding hydrogens is 400 g/mol. The van der Waals surface area contributed by atoms with Gasteiger partial charge >= 0.3 is 0 Å². The van der Waals surface area contributed by atoms with Crippen LogP contribution in [0.1, 0.15) is 34.5 Å². The van der Waals surface area contributed by atoms with Crippen LogP contribution in [0.4, 0.5) is 5.69 Å². The highest BCUT2D eigenvalue weighted by Gasteiger charge is 2.21. The summed E-state index contributed by atoms with van der Waals surface area (Å²) >= 11 is 3.19. The van der Waals surface area contributed by atoms with Gasteiger partial charge in [0.25, 0.3) is 0 Å². The first kappa shape index (κ1) is 19.4. The number of nitrogens with two attached hydrogens (primary N) is 1. The van der Waals surface area contributed by atoms with E-state index in [1.54, 1.807) is 28.7 Å². The van der Waals surface area contributed by atoms with E-state index in [1.165, 1.54) is 0 Å². The van der Waals surface area contributed by atoms with E-state index in [2.05, 4.69) is 17.4 Å². The number of nitrogens with one attached hydrogen (secondary N) is 1. The van der Waals surface area contributed by atoms with E-state index in [1.807, 2.05) is 54.8 Å². The lowest BCUT2D eigenvalue weighted by molar-refractivity contribution is -0.117. The van der Waals surface area contributed by atoms with Crippen molar-refractivity contribution in [3.05, 3.63) is 76.5 Å². The molecule has 0 aliphatic rings. The summed E-state index contributed by atoms with van der Waals surface area (Å²) in [7, 11) is 0. The smallest absolute Gasteiger partial charge is 0.249 e. The molecule has 2 amide bonds. The maximum absolute atomic E-state index is 12.8. The van der Waals surface area contributed by atoms with Crippen molar-refractivity contribution in [2.24, 2.45) is 5.73 Å². The van der Waals surface area contributed by atoms with E-state index in [4.69, 9.17) is 5.73 Å². The summed E-state index contributed by atoms with van der Waals surface area (Å²) in [5, 5.41) is 6.04. The molecule has 0 spiro atoms. The van der Waals surface area contributed by atoms with Gasteiger partial charge in [0, 0.05) is 31.3 Å². The van der Waals surface area contributed by atoms with Crippen LogP contribution in [0.25, 0.3) is 20.5 Å². The minimum atomic E-state index is -0.515. The van der Waals surface area contributed by atoms with Crippen LogP contribution in [0, 0.1) is 0 Å². The topological polar surface area (TPSA) is 72.2 Å². The molecule has 0 fully saturated rings. The molecule has 0 saturated heterocycles. The van der Waals surface area contributed by atoms with Crippen molar-refractivity contribution in [1.29, 1.82) is 0 Å². The summed E-state index contributed by atoms with van der Waals surface area (Å²) in [4.78, 5) is 26.9. The number of hydrogen-bond acceptors (Lipinski definition) is 4. The van der Waals surface area contributed by atoms with Gasteiger partial charge in [-0.2, -0.15) is 0 Å². The Morgan fingerprint density at radius 3 is 2.59 bits per heavy atom. The number of carbonyl (C=O) groups is 2. The summed E-state index contributed by atoms with van der Waals surface area (Å²) in [6.07, 6.45) is 0.703. The summed E-state index contributed by atoms with van der Waals surface area (Å²) in [5.74, 6) is -0.812. The van der Waals surface area contributed by atoms with E-state index < -0.39 is 5.91 Å². The lowest BCUT2D eigenvalue weighted by Gasteiger charge is -2.15. The summed E-state index contributed by atoms with van der Waals surface area (Å²) in [6, 6.07) is 19.4. The van der Waals surface area contributed by atoms with Crippen molar-refractivity contribution in [3.63, 3.8) is 0 Å². The second-order valence-electron chi connectivity index (χ2n) is 6.74. The van der Waals surface area contributed by atoms with Gasteiger partial charge in [-0.3, -0.25) is 9.59 Å². The number of amides is 2. The zero-order chi connectivity index (χ0) is 20.4. The summed E-state index contributed by atoms with van der Waals surface area (Å²) in [5.41, 5.74) is 7.42.